The van der Waals surface area contributed by atoms with E-state index in [0.29, 0.717) is 0 Å². The van der Waals surface area contributed by atoms with Crippen LogP contribution in [-0.4, -0.2) is 12.7 Å². The predicted octanol–water partition coefficient (Wildman–Crippen LogP) is 3.25. The number of isocyanates is 1. The molecule has 94 valence electrons. The first-order valence-electron chi connectivity index (χ1n) is 6.65. The molecule has 1 aliphatic carbocycles. The van der Waals surface area contributed by atoms with Gasteiger partial charge in [0.05, 0.1) is 11.6 Å². The van der Waals surface area contributed by atoms with E-state index in [9.17, 15) is 4.79 Å². The summed E-state index contributed by atoms with van der Waals surface area (Å²) in [7, 11) is 0. The molecule has 18 heavy (non-hydrogen) atoms. The first kappa shape index (κ1) is 11.6. The van der Waals surface area contributed by atoms with Gasteiger partial charge < -0.3 is 4.74 Å². The third kappa shape index (κ3) is 1.90. The molecule has 2 fully saturated rings. The van der Waals surface area contributed by atoms with Crippen molar-refractivity contribution >= 4 is 6.08 Å². The Kier molecular flexibility index (Phi) is 3.02. The maximum absolute atomic E-state index is 10.6. The van der Waals surface area contributed by atoms with Gasteiger partial charge in [-0.2, -0.15) is 4.99 Å². The second-order valence-corrected chi connectivity index (χ2v) is 5.21. The lowest BCUT2D eigenvalue weighted by molar-refractivity contribution is 0.112. The van der Waals surface area contributed by atoms with Crippen molar-refractivity contribution in [3.63, 3.8) is 0 Å². The van der Waals surface area contributed by atoms with Crippen LogP contribution in [0.3, 0.4) is 0 Å². The summed E-state index contributed by atoms with van der Waals surface area (Å²) in [5.41, 5.74) is 2.09. The zero-order valence-electron chi connectivity index (χ0n) is 10.4. The van der Waals surface area contributed by atoms with Crippen molar-refractivity contribution < 1.29 is 9.53 Å². The molecule has 1 atom stereocenters. The molecule has 0 radical (unpaired) electrons. The Balaban J connectivity index is 1.84. The molecule has 3 nitrogen and oxygen atoms in total. The van der Waals surface area contributed by atoms with E-state index >= 15 is 0 Å². The van der Waals surface area contributed by atoms with E-state index in [0.717, 1.165) is 44.3 Å². The summed E-state index contributed by atoms with van der Waals surface area (Å²) in [6.45, 7) is 0.867. The lowest BCUT2D eigenvalue weighted by Gasteiger charge is -2.37. The summed E-state index contributed by atoms with van der Waals surface area (Å²) in [5.74, 6) is 0. The second-order valence-electron chi connectivity index (χ2n) is 5.21. The maximum Gasteiger partial charge on any atom is 0.235 e. The smallest absolute Gasteiger partial charge is 0.235 e. The molecule has 0 spiro atoms. The highest BCUT2D eigenvalue weighted by Gasteiger charge is 2.38. The summed E-state index contributed by atoms with van der Waals surface area (Å²) in [4.78, 5) is 14.6. The molecule has 0 bridgehead atoms. The van der Waals surface area contributed by atoms with Gasteiger partial charge in [0.2, 0.25) is 6.08 Å². The van der Waals surface area contributed by atoms with Crippen molar-refractivity contribution in [1.29, 1.82) is 0 Å². The minimum Gasteiger partial charge on any atom is -0.374 e. The van der Waals surface area contributed by atoms with Crippen LogP contribution in [0.1, 0.15) is 49.3 Å². The van der Waals surface area contributed by atoms with Gasteiger partial charge in [-0.3, -0.25) is 0 Å². The topological polar surface area (TPSA) is 38.7 Å². The van der Waals surface area contributed by atoms with E-state index in [1.165, 1.54) is 5.56 Å². The molecule has 3 rings (SSSR count). The van der Waals surface area contributed by atoms with E-state index < -0.39 is 0 Å². The molecule has 1 unspecified atom stereocenters. The van der Waals surface area contributed by atoms with Crippen LogP contribution in [0, 0.1) is 0 Å². The number of hydrogen-bond acceptors (Lipinski definition) is 3. The van der Waals surface area contributed by atoms with Gasteiger partial charge in [-0.15, -0.1) is 0 Å². The lowest BCUT2D eigenvalue weighted by Crippen LogP contribution is -2.31. The Labute approximate surface area is 107 Å². The number of rotatable bonds is 3. The quantitative estimate of drug-likeness (QED) is 0.603. The molecule has 1 aromatic rings. The first-order valence-corrected chi connectivity index (χ1v) is 6.65. The van der Waals surface area contributed by atoms with Gasteiger partial charge >= 0.3 is 0 Å². The number of ether oxygens (including phenoxy) is 1. The third-order valence-electron chi connectivity index (χ3n) is 4.19. The first-order chi connectivity index (χ1) is 8.84. The predicted molar refractivity (Wildman–Crippen MR) is 68.0 cm³/mol. The van der Waals surface area contributed by atoms with Crippen LogP contribution in [0.15, 0.2) is 29.3 Å². The molecule has 1 saturated heterocycles. The van der Waals surface area contributed by atoms with Gasteiger partial charge in [0, 0.05) is 6.61 Å². The van der Waals surface area contributed by atoms with E-state index in [4.69, 9.17) is 4.74 Å². The van der Waals surface area contributed by atoms with Crippen molar-refractivity contribution in [1.82, 2.24) is 0 Å². The largest absolute Gasteiger partial charge is 0.374 e. The number of carbonyl (C=O) groups excluding carboxylic acids is 1. The average Bonchev–Trinajstić information content (AvgIpc) is 2.88. The van der Waals surface area contributed by atoms with Crippen LogP contribution in [0.25, 0.3) is 0 Å². The van der Waals surface area contributed by atoms with Crippen LogP contribution in [-0.2, 0) is 15.1 Å². The van der Waals surface area contributed by atoms with Crippen LogP contribution in [0.2, 0.25) is 0 Å². The van der Waals surface area contributed by atoms with Crippen LogP contribution < -0.4 is 0 Å². The minimum absolute atomic E-state index is 0.256. The van der Waals surface area contributed by atoms with Crippen molar-refractivity contribution in [2.45, 2.75) is 43.7 Å². The Hall–Kier alpha value is -1.44. The van der Waals surface area contributed by atoms with Crippen molar-refractivity contribution in [3.05, 3.63) is 35.4 Å². The fraction of sp³-hybridized carbons (Fsp3) is 0.533. The van der Waals surface area contributed by atoms with Gasteiger partial charge in [0.25, 0.3) is 0 Å². The normalized spacial score (nSPS) is 25.2. The number of hydrogen-bond donors (Lipinski definition) is 0. The maximum atomic E-state index is 10.6. The highest BCUT2D eigenvalue weighted by Crippen LogP contribution is 2.45. The molecule has 0 aromatic heterocycles. The minimum atomic E-state index is -0.281. The molecule has 3 heteroatoms. The Bertz CT molecular complexity index is 464. The monoisotopic (exact) mass is 243 g/mol. The standard InChI is InChI=1S/C15H17NO2/c17-11-16-15(8-2-9-15)13-6-4-12(5-7-13)14-3-1-10-18-14/h4-7,14H,1-3,8-10H2. The van der Waals surface area contributed by atoms with Gasteiger partial charge in [-0.05, 0) is 43.2 Å². The summed E-state index contributed by atoms with van der Waals surface area (Å²) < 4.78 is 5.67. The average molecular weight is 243 g/mol. The van der Waals surface area contributed by atoms with Crippen LogP contribution in [0.5, 0.6) is 0 Å². The van der Waals surface area contributed by atoms with Crippen molar-refractivity contribution in [2.75, 3.05) is 6.61 Å². The number of benzene rings is 1. The van der Waals surface area contributed by atoms with Crippen LogP contribution >= 0.6 is 0 Å². The zero-order chi connectivity index (χ0) is 12.4. The molecule has 1 saturated carbocycles. The van der Waals surface area contributed by atoms with Crippen molar-refractivity contribution in [3.8, 4) is 0 Å². The fourth-order valence-electron chi connectivity index (χ4n) is 2.91. The summed E-state index contributed by atoms with van der Waals surface area (Å²) in [5, 5.41) is 0. The lowest BCUT2D eigenvalue weighted by atomic mass is 9.72. The Morgan fingerprint density at radius 2 is 2.00 bits per heavy atom. The molecule has 0 N–H and O–H groups in total. The van der Waals surface area contributed by atoms with Gasteiger partial charge in [-0.25, -0.2) is 4.79 Å². The zero-order valence-corrected chi connectivity index (χ0v) is 10.4. The molecule has 1 heterocycles. The SMILES string of the molecule is O=C=NC1(c2ccc(C3CCCO3)cc2)CCC1. The summed E-state index contributed by atoms with van der Waals surface area (Å²) >= 11 is 0. The van der Waals surface area contributed by atoms with E-state index in [2.05, 4.69) is 29.3 Å². The van der Waals surface area contributed by atoms with Gasteiger partial charge in [-0.1, -0.05) is 24.3 Å². The Morgan fingerprint density at radius 3 is 2.50 bits per heavy atom. The van der Waals surface area contributed by atoms with Gasteiger partial charge in [0.1, 0.15) is 0 Å². The number of nitrogens with zero attached hydrogens (tertiary/aromatic N) is 1. The second kappa shape index (κ2) is 4.68. The van der Waals surface area contributed by atoms with E-state index in [1.807, 2.05) is 0 Å². The molecule has 0 amide bonds. The molecular weight excluding hydrogens is 226 g/mol. The highest BCUT2D eigenvalue weighted by atomic mass is 16.5. The van der Waals surface area contributed by atoms with Crippen LogP contribution in [0.4, 0.5) is 0 Å². The number of aliphatic imine (C=N–C) groups is 1. The van der Waals surface area contributed by atoms with E-state index in [-0.39, 0.29) is 11.6 Å². The molecule has 1 aliphatic heterocycles. The third-order valence-corrected chi connectivity index (χ3v) is 4.19. The molecule has 2 aliphatic rings. The molecular formula is C15H17NO2. The molecule has 1 aromatic carbocycles. The fourth-order valence-corrected chi connectivity index (χ4v) is 2.91. The summed E-state index contributed by atoms with van der Waals surface area (Å²) in [6.07, 6.45) is 7.29. The van der Waals surface area contributed by atoms with Gasteiger partial charge in [0.15, 0.2) is 0 Å². The Morgan fingerprint density at radius 1 is 1.22 bits per heavy atom. The van der Waals surface area contributed by atoms with Crippen molar-refractivity contribution in [2.24, 2.45) is 4.99 Å². The highest BCUT2D eigenvalue weighted by molar-refractivity contribution is 5.40. The summed E-state index contributed by atoms with van der Waals surface area (Å²) in [6, 6.07) is 8.42. The van der Waals surface area contributed by atoms with E-state index in [1.54, 1.807) is 6.08 Å².